The molecule has 8 heteroatoms. The van der Waals surface area contributed by atoms with Gasteiger partial charge in [-0.1, -0.05) is 30.3 Å². The maximum absolute atomic E-state index is 12.7. The van der Waals surface area contributed by atoms with Crippen LogP contribution in [0.1, 0.15) is 5.56 Å². The number of amides is 1. The molecule has 1 amide bonds. The molecule has 0 bridgehead atoms. The Kier molecular flexibility index (Phi) is 6.99. The van der Waals surface area contributed by atoms with E-state index in [2.05, 4.69) is 27.9 Å². The van der Waals surface area contributed by atoms with Crippen LogP contribution in [0.4, 0.5) is 11.4 Å². The van der Waals surface area contributed by atoms with Crippen LogP contribution in [-0.2, 0) is 14.8 Å². The van der Waals surface area contributed by atoms with Crippen LogP contribution in [0.5, 0.6) is 11.5 Å². The van der Waals surface area contributed by atoms with Crippen molar-refractivity contribution in [3.05, 3.63) is 81.9 Å². The third-order valence-electron chi connectivity index (χ3n) is 4.26. The summed E-state index contributed by atoms with van der Waals surface area (Å²) in [4.78, 5) is 12.7. The van der Waals surface area contributed by atoms with Gasteiger partial charge in [0.25, 0.3) is 0 Å². The highest BCUT2D eigenvalue weighted by Gasteiger charge is 2.24. The minimum atomic E-state index is -3.75. The molecule has 3 rings (SSSR count). The molecule has 1 N–H and O–H groups in total. The number of carbonyl (C=O) groups excluding carboxylic acids is 1. The zero-order valence-electron chi connectivity index (χ0n) is 16.5. The lowest BCUT2D eigenvalue weighted by atomic mass is 10.2. The van der Waals surface area contributed by atoms with Gasteiger partial charge in [-0.25, -0.2) is 8.42 Å². The normalized spacial score (nSPS) is 11.0. The highest BCUT2D eigenvalue weighted by atomic mass is 127. The Morgan fingerprint density at radius 1 is 1.03 bits per heavy atom. The predicted molar refractivity (Wildman–Crippen MR) is 128 cm³/mol. The number of halogens is 1. The second-order valence-corrected chi connectivity index (χ2v) is 9.81. The number of benzene rings is 3. The highest BCUT2D eigenvalue weighted by Crippen LogP contribution is 2.33. The molecular weight excluding hydrogens is 515 g/mol. The van der Waals surface area contributed by atoms with E-state index < -0.39 is 15.9 Å². The van der Waals surface area contributed by atoms with Crippen molar-refractivity contribution >= 4 is 49.9 Å². The van der Waals surface area contributed by atoms with Crippen molar-refractivity contribution in [1.82, 2.24) is 0 Å². The van der Waals surface area contributed by atoms with E-state index in [0.29, 0.717) is 22.9 Å². The Balaban J connectivity index is 1.88. The van der Waals surface area contributed by atoms with Gasteiger partial charge in [0.1, 0.15) is 12.3 Å². The average molecular weight is 536 g/mol. The number of nitrogens with zero attached hydrogens (tertiary/aromatic N) is 1. The first kappa shape index (κ1) is 22.1. The lowest BCUT2D eigenvalue weighted by Crippen LogP contribution is -2.37. The van der Waals surface area contributed by atoms with E-state index in [4.69, 9.17) is 4.74 Å². The Bertz CT molecular complexity index is 1150. The molecule has 0 aliphatic carbocycles. The molecule has 30 heavy (non-hydrogen) atoms. The van der Waals surface area contributed by atoms with E-state index in [1.807, 2.05) is 37.3 Å². The summed E-state index contributed by atoms with van der Waals surface area (Å²) >= 11 is 2.19. The molecule has 0 saturated heterocycles. The van der Waals surface area contributed by atoms with Crippen LogP contribution in [0.3, 0.4) is 0 Å². The number of sulfonamides is 1. The van der Waals surface area contributed by atoms with Gasteiger partial charge in [-0.2, -0.15) is 0 Å². The fraction of sp³-hybridized carbons (Fsp3) is 0.136. The standard InChI is InChI=1S/C22H21IN2O4S/c1-16-14-17(23)12-13-19(16)24-22(26)15-25(30(2,27)28)20-10-6-7-11-21(20)29-18-8-4-3-5-9-18/h3-14H,15H2,1-2H3,(H,24,26). The van der Waals surface area contributed by atoms with E-state index in [9.17, 15) is 13.2 Å². The van der Waals surface area contributed by atoms with Crippen molar-refractivity contribution in [2.75, 3.05) is 22.4 Å². The topological polar surface area (TPSA) is 75.7 Å². The number of ether oxygens (including phenoxy) is 1. The molecule has 6 nitrogen and oxygen atoms in total. The number of rotatable bonds is 7. The van der Waals surface area contributed by atoms with Gasteiger partial charge in [0.2, 0.25) is 15.9 Å². The van der Waals surface area contributed by atoms with Crippen molar-refractivity contribution < 1.29 is 17.9 Å². The van der Waals surface area contributed by atoms with Crippen LogP contribution in [-0.4, -0.2) is 27.1 Å². The number of hydrogen-bond donors (Lipinski definition) is 1. The van der Waals surface area contributed by atoms with Crippen LogP contribution < -0.4 is 14.4 Å². The van der Waals surface area contributed by atoms with Crippen molar-refractivity contribution in [3.8, 4) is 11.5 Å². The molecule has 0 fully saturated rings. The van der Waals surface area contributed by atoms with Crippen LogP contribution in [0.25, 0.3) is 0 Å². The zero-order chi connectivity index (χ0) is 21.7. The van der Waals surface area contributed by atoms with Crippen molar-refractivity contribution in [3.63, 3.8) is 0 Å². The molecule has 0 atom stereocenters. The summed E-state index contributed by atoms with van der Waals surface area (Å²) in [5.74, 6) is 0.462. The first-order valence-electron chi connectivity index (χ1n) is 9.09. The highest BCUT2D eigenvalue weighted by molar-refractivity contribution is 14.1. The predicted octanol–water partition coefficient (Wildman–Crippen LogP) is 4.80. The summed E-state index contributed by atoms with van der Waals surface area (Å²) < 4.78 is 33.0. The second kappa shape index (κ2) is 9.48. The van der Waals surface area contributed by atoms with Crippen molar-refractivity contribution in [1.29, 1.82) is 0 Å². The van der Waals surface area contributed by atoms with Gasteiger partial charge < -0.3 is 10.1 Å². The van der Waals surface area contributed by atoms with E-state index in [-0.39, 0.29) is 6.54 Å². The molecule has 3 aromatic rings. The monoisotopic (exact) mass is 536 g/mol. The summed E-state index contributed by atoms with van der Waals surface area (Å²) in [7, 11) is -3.75. The first-order chi connectivity index (χ1) is 14.2. The molecule has 0 unspecified atom stereocenters. The smallest absolute Gasteiger partial charge is 0.245 e. The Hall–Kier alpha value is -2.59. The van der Waals surface area contributed by atoms with Crippen molar-refractivity contribution in [2.45, 2.75) is 6.92 Å². The molecule has 0 heterocycles. The average Bonchev–Trinajstić information content (AvgIpc) is 2.69. The molecule has 156 valence electrons. The molecule has 0 aliphatic heterocycles. The quantitative estimate of drug-likeness (QED) is 0.441. The third kappa shape index (κ3) is 5.73. The lowest BCUT2D eigenvalue weighted by Gasteiger charge is -2.24. The van der Waals surface area contributed by atoms with Gasteiger partial charge in [-0.05, 0) is 77.5 Å². The second-order valence-electron chi connectivity index (χ2n) is 6.66. The number of para-hydroxylation sites is 3. The Morgan fingerprint density at radius 3 is 2.37 bits per heavy atom. The van der Waals surface area contributed by atoms with E-state index in [1.54, 1.807) is 42.5 Å². The van der Waals surface area contributed by atoms with E-state index in [1.165, 1.54) is 0 Å². The van der Waals surface area contributed by atoms with Crippen molar-refractivity contribution in [2.24, 2.45) is 0 Å². The van der Waals surface area contributed by atoms with Gasteiger partial charge >= 0.3 is 0 Å². The SMILES string of the molecule is Cc1cc(I)ccc1NC(=O)CN(c1ccccc1Oc1ccccc1)S(C)(=O)=O. The van der Waals surface area contributed by atoms with Gasteiger partial charge in [-0.15, -0.1) is 0 Å². The van der Waals surface area contributed by atoms with E-state index in [0.717, 1.165) is 19.7 Å². The molecule has 0 saturated carbocycles. The minimum absolute atomic E-state index is 0.290. The number of anilines is 2. The first-order valence-corrected chi connectivity index (χ1v) is 12.0. The van der Waals surface area contributed by atoms with Crippen LogP contribution in [0.2, 0.25) is 0 Å². The number of hydrogen-bond acceptors (Lipinski definition) is 4. The Labute approximate surface area is 190 Å². The Morgan fingerprint density at radius 2 is 1.70 bits per heavy atom. The fourth-order valence-electron chi connectivity index (χ4n) is 2.83. The summed E-state index contributed by atoms with van der Waals surface area (Å²) in [6.07, 6.45) is 1.07. The molecule has 3 aromatic carbocycles. The van der Waals surface area contributed by atoms with Crippen LogP contribution >= 0.6 is 22.6 Å². The van der Waals surface area contributed by atoms with Gasteiger partial charge in [0, 0.05) is 9.26 Å². The summed E-state index contributed by atoms with van der Waals surface area (Å²) in [6.45, 7) is 1.51. The lowest BCUT2D eigenvalue weighted by molar-refractivity contribution is -0.114. The third-order valence-corrected chi connectivity index (χ3v) is 6.05. The number of carbonyl (C=O) groups is 1. The summed E-state index contributed by atoms with van der Waals surface area (Å²) in [6, 6.07) is 21.4. The minimum Gasteiger partial charge on any atom is -0.455 e. The summed E-state index contributed by atoms with van der Waals surface area (Å²) in [5.41, 5.74) is 1.83. The molecule has 0 aliphatic rings. The zero-order valence-corrected chi connectivity index (χ0v) is 19.5. The fourth-order valence-corrected chi connectivity index (χ4v) is 4.34. The van der Waals surface area contributed by atoms with Gasteiger partial charge in [0.05, 0.1) is 11.9 Å². The molecule has 0 aromatic heterocycles. The molecule has 0 spiro atoms. The largest absolute Gasteiger partial charge is 0.455 e. The van der Waals surface area contributed by atoms with Gasteiger partial charge in [0.15, 0.2) is 5.75 Å². The maximum Gasteiger partial charge on any atom is 0.245 e. The van der Waals surface area contributed by atoms with Crippen LogP contribution in [0.15, 0.2) is 72.8 Å². The van der Waals surface area contributed by atoms with Gasteiger partial charge in [-0.3, -0.25) is 9.10 Å². The summed E-state index contributed by atoms with van der Waals surface area (Å²) in [5, 5.41) is 2.79. The van der Waals surface area contributed by atoms with Crippen LogP contribution in [0, 0.1) is 10.5 Å². The number of aryl methyl sites for hydroxylation is 1. The maximum atomic E-state index is 12.7. The van der Waals surface area contributed by atoms with E-state index >= 15 is 0 Å². The molecule has 0 radical (unpaired) electrons. The number of nitrogens with one attached hydrogen (secondary N) is 1. The molecular formula is C22H21IN2O4S.